The van der Waals surface area contributed by atoms with E-state index >= 15 is 0 Å². The molecule has 2 aromatic rings. The maximum Gasteiger partial charge on any atom is 0.170 e. The molecule has 0 aromatic heterocycles. The molecule has 2 radical (unpaired) electrons. The Bertz CT molecular complexity index is 471. The van der Waals surface area contributed by atoms with Crippen LogP contribution in [0.4, 0.5) is 0 Å². The fourth-order valence-corrected chi connectivity index (χ4v) is 1.60. The van der Waals surface area contributed by atoms with Crippen LogP contribution in [0.5, 0.6) is 0 Å². The van der Waals surface area contributed by atoms with Gasteiger partial charge < -0.3 is 0 Å². The number of Topliss-reactive ketones (excluding diaryl/α,β-unsaturated/α-hetero) is 2. The van der Waals surface area contributed by atoms with Crippen LogP contribution in [0.2, 0.25) is 0 Å². The van der Waals surface area contributed by atoms with Gasteiger partial charge in [-0.2, -0.15) is 0 Å². The Morgan fingerprint density at radius 1 is 0.667 bits per heavy atom. The first-order valence-corrected chi connectivity index (χ1v) is 5.44. The monoisotopic (exact) mass is 312 g/mol. The number of ketones is 2. The molecule has 86 valence electrons. The Labute approximate surface area is 143 Å². The Hall–Kier alpha value is -0.739. The van der Waals surface area contributed by atoms with Crippen LogP contribution in [0, 0.1) is 0 Å². The van der Waals surface area contributed by atoms with Gasteiger partial charge in [-0.1, -0.05) is 60.7 Å². The molecule has 3 heteroatoms. The summed E-state index contributed by atoms with van der Waals surface area (Å²) >= 11 is 0. The molecule has 0 N–H and O–H groups in total. The second-order valence-corrected chi connectivity index (χ2v) is 3.76. The van der Waals surface area contributed by atoms with Crippen LogP contribution < -0.4 is 0 Å². The van der Waals surface area contributed by atoms with E-state index in [9.17, 15) is 9.59 Å². The van der Waals surface area contributed by atoms with E-state index in [-0.39, 0.29) is 63.5 Å². The SMILES string of the molecule is O=C(CC(=O)c1ccccc1)c1ccccc1.[Sr]. The van der Waals surface area contributed by atoms with E-state index < -0.39 is 0 Å². The molecular weight excluding hydrogens is 300 g/mol. The quantitative estimate of drug-likeness (QED) is 0.494. The number of hydrogen-bond donors (Lipinski definition) is 0. The van der Waals surface area contributed by atoms with Crippen LogP contribution in [0.1, 0.15) is 27.1 Å². The molecule has 0 saturated heterocycles. The molecule has 0 bridgehead atoms. The summed E-state index contributed by atoms with van der Waals surface area (Å²) in [4.78, 5) is 23.6. The summed E-state index contributed by atoms with van der Waals surface area (Å²) in [7, 11) is 0. The molecule has 2 nitrogen and oxygen atoms in total. The average molecular weight is 312 g/mol. The van der Waals surface area contributed by atoms with Crippen molar-refractivity contribution >= 4 is 57.0 Å². The first kappa shape index (κ1) is 15.3. The van der Waals surface area contributed by atoms with Crippen LogP contribution in [-0.2, 0) is 0 Å². The standard InChI is InChI=1S/C15H12O2.Sr/c16-14(12-7-3-1-4-8-12)11-15(17)13-9-5-2-6-10-13;/h1-10H,11H2;. The summed E-state index contributed by atoms with van der Waals surface area (Å²) < 4.78 is 0. The number of carbonyl (C=O) groups is 2. The molecule has 2 aromatic carbocycles. The predicted octanol–water partition coefficient (Wildman–Crippen LogP) is 2.76. The van der Waals surface area contributed by atoms with Crippen molar-refractivity contribution in [1.82, 2.24) is 0 Å². The van der Waals surface area contributed by atoms with Gasteiger partial charge in [-0.25, -0.2) is 0 Å². The van der Waals surface area contributed by atoms with Gasteiger partial charge in [-0.05, 0) is 0 Å². The van der Waals surface area contributed by atoms with Crippen molar-refractivity contribution in [3.05, 3.63) is 71.8 Å². The molecule has 0 aliphatic carbocycles. The molecule has 0 atom stereocenters. The third kappa shape index (κ3) is 4.18. The molecule has 0 aliphatic rings. The van der Waals surface area contributed by atoms with Gasteiger partial charge in [-0.15, -0.1) is 0 Å². The molecule has 0 unspecified atom stereocenters. The summed E-state index contributed by atoms with van der Waals surface area (Å²) in [5.41, 5.74) is 1.16. The van der Waals surface area contributed by atoms with E-state index in [4.69, 9.17) is 0 Å². The van der Waals surface area contributed by atoms with Crippen molar-refractivity contribution < 1.29 is 9.59 Å². The second kappa shape index (κ2) is 7.64. The van der Waals surface area contributed by atoms with Crippen LogP contribution in [0.25, 0.3) is 0 Å². The summed E-state index contributed by atoms with van der Waals surface area (Å²) in [6, 6.07) is 17.7. The third-order valence-electron chi connectivity index (χ3n) is 2.51. The van der Waals surface area contributed by atoms with E-state index in [1.54, 1.807) is 48.5 Å². The van der Waals surface area contributed by atoms with E-state index in [1.807, 2.05) is 12.1 Å². The molecular formula is C15H12O2Sr. The van der Waals surface area contributed by atoms with Gasteiger partial charge in [0.05, 0.1) is 6.42 Å². The third-order valence-corrected chi connectivity index (χ3v) is 2.51. The van der Waals surface area contributed by atoms with Crippen molar-refractivity contribution in [2.45, 2.75) is 6.42 Å². The van der Waals surface area contributed by atoms with Crippen molar-refractivity contribution in [1.29, 1.82) is 0 Å². The van der Waals surface area contributed by atoms with Crippen LogP contribution >= 0.6 is 0 Å². The molecule has 0 amide bonds. The number of carbonyl (C=O) groups excluding carboxylic acids is 2. The summed E-state index contributed by atoms with van der Waals surface area (Å²) in [5, 5.41) is 0. The summed E-state index contributed by atoms with van der Waals surface area (Å²) in [5.74, 6) is -0.279. The molecule has 0 spiro atoms. The van der Waals surface area contributed by atoms with Gasteiger partial charge >= 0.3 is 0 Å². The number of benzene rings is 2. The van der Waals surface area contributed by atoms with E-state index in [1.165, 1.54) is 0 Å². The Balaban J connectivity index is 0.00000162. The van der Waals surface area contributed by atoms with Crippen molar-refractivity contribution in [2.75, 3.05) is 0 Å². The topological polar surface area (TPSA) is 34.1 Å². The normalized spacial score (nSPS) is 9.33. The molecule has 0 heterocycles. The molecule has 2 rings (SSSR count). The minimum Gasteiger partial charge on any atom is -0.294 e. The predicted molar refractivity (Wildman–Crippen MR) is 71.9 cm³/mol. The Morgan fingerprint density at radius 2 is 1.00 bits per heavy atom. The first-order chi connectivity index (χ1) is 8.27. The van der Waals surface area contributed by atoms with Crippen LogP contribution in [-0.4, -0.2) is 57.0 Å². The molecule has 18 heavy (non-hydrogen) atoms. The van der Waals surface area contributed by atoms with Gasteiger partial charge in [0.25, 0.3) is 0 Å². The zero-order valence-electron chi connectivity index (χ0n) is 10.0. The zero-order valence-corrected chi connectivity index (χ0v) is 13.5. The van der Waals surface area contributed by atoms with Gasteiger partial charge in [0.15, 0.2) is 11.6 Å². The number of hydrogen-bond acceptors (Lipinski definition) is 2. The van der Waals surface area contributed by atoms with Gasteiger partial charge in [0.1, 0.15) is 0 Å². The Morgan fingerprint density at radius 3 is 1.33 bits per heavy atom. The molecule has 0 saturated carbocycles. The van der Waals surface area contributed by atoms with E-state index in [0.717, 1.165) is 0 Å². The van der Waals surface area contributed by atoms with Gasteiger partial charge in [0, 0.05) is 56.6 Å². The van der Waals surface area contributed by atoms with Crippen molar-refractivity contribution in [3.63, 3.8) is 0 Å². The van der Waals surface area contributed by atoms with Crippen molar-refractivity contribution in [2.24, 2.45) is 0 Å². The zero-order chi connectivity index (χ0) is 12.1. The van der Waals surface area contributed by atoms with Gasteiger partial charge in [-0.3, -0.25) is 9.59 Å². The molecule has 0 fully saturated rings. The van der Waals surface area contributed by atoms with Crippen molar-refractivity contribution in [3.8, 4) is 0 Å². The second-order valence-electron chi connectivity index (χ2n) is 3.76. The maximum absolute atomic E-state index is 11.8. The first-order valence-electron chi connectivity index (χ1n) is 5.44. The fraction of sp³-hybridized carbons (Fsp3) is 0.0667. The maximum atomic E-state index is 11.8. The molecule has 0 aliphatic heterocycles. The van der Waals surface area contributed by atoms with E-state index in [0.29, 0.717) is 11.1 Å². The average Bonchev–Trinajstić information content (AvgIpc) is 2.40. The minimum atomic E-state index is -0.139. The Kier molecular flexibility index (Phi) is 6.50. The minimum absolute atomic E-state index is 0. The smallest absolute Gasteiger partial charge is 0.170 e. The fourth-order valence-electron chi connectivity index (χ4n) is 1.60. The van der Waals surface area contributed by atoms with Crippen LogP contribution in [0.3, 0.4) is 0 Å². The van der Waals surface area contributed by atoms with Gasteiger partial charge in [0.2, 0.25) is 0 Å². The van der Waals surface area contributed by atoms with Crippen LogP contribution in [0.15, 0.2) is 60.7 Å². The summed E-state index contributed by atoms with van der Waals surface area (Å²) in [6.45, 7) is 0. The largest absolute Gasteiger partial charge is 0.294 e. The number of rotatable bonds is 4. The van der Waals surface area contributed by atoms with E-state index in [2.05, 4.69) is 0 Å². The summed E-state index contributed by atoms with van der Waals surface area (Å²) in [6.07, 6.45) is -0.0754.